The second-order valence-corrected chi connectivity index (χ2v) is 7.63. The van der Waals surface area contributed by atoms with Gasteiger partial charge in [-0.25, -0.2) is 0 Å². The fourth-order valence-electron chi connectivity index (χ4n) is 5.01. The predicted molar refractivity (Wildman–Crippen MR) is 79.7 cm³/mol. The molecule has 4 nitrogen and oxygen atoms in total. The van der Waals surface area contributed by atoms with E-state index in [4.69, 9.17) is 0 Å². The van der Waals surface area contributed by atoms with Crippen LogP contribution in [0.1, 0.15) is 64.2 Å². The molecule has 3 rings (SSSR count). The molecule has 0 aromatic carbocycles. The molecular formula is C17H27NO3. The zero-order valence-corrected chi connectivity index (χ0v) is 12.8. The van der Waals surface area contributed by atoms with Gasteiger partial charge in [0.1, 0.15) is 0 Å². The van der Waals surface area contributed by atoms with E-state index in [-0.39, 0.29) is 23.7 Å². The fraction of sp³-hybridized carbons (Fsp3) is 0.882. The SMILES string of the molecule is O=C(O)CC1(CNC(=O)C2CC3CCC2C3)CCCCC1. The van der Waals surface area contributed by atoms with Crippen LogP contribution in [0.5, 0.6) is 0 Å². The molecule has 2 bridgehead atoms. The normalized spacial score (nSPS) is 33.8. The lowest BCUT2D eigenvalue weighted by atomic mass is 9.71. The van der Waals surface area contributed by atoms with Gasteiger partial charge in [-0.15, -0.1) is 0 Å². The summed E-state index contributed by atoms with van der Waals surface area (Å²) in [6.45, 7) is 0.562. The van der Waals surface area contributed by atoms with Crippen molar-refractivity contribution in [2.75, 3.05) is 6.54 Å². The van der Waals surface area contributed by atoms with Gasteiger partial charge in [-0.2, -0.15) is 0 Å². The van der Waals surface area contributed by atoms with Crippen LogP contribution in [-0.2, 0) is 9.59 Å². The Morgan fingerprint density at radius 2 is 1.86 bits per heavy atom. The molecule has 21 heavy (non-hydrogen) atoms. The standard InChI is InChI=1S/C17H27NO3/c19-15(20)10-17(6-2-1-3-7-17)11-18-16(21)14-9-12-4-5-13(14)8-12/h12-14H,1-11H2,(H,18,21)(H,19,20). The summed E-state index contributed by atoms with van der Waals surface area (Å²) in [6.07, 6.45) is 10.3. The van der Waals surface area contributed by atoms with E-state index in [9.17, 15) is 14.7 Å². The molecule has 118 valence electrons. The number of carboxylic acids is 1. The average Bonchev–Trinajstić information content (AvgIpc) is 3.08. The Morgan fingerprint density at radius 3 is 2.43 bits per heavy atom. The highest BCUT2D eigenvalue weighted by molar-refractivity contribution is 5.79. The van der Waals surface area contributed by atoms with E-state index in [0.29, 0.717) is 12.5 Å². The summed E-state index contributed by atoms with van der Waals surface area (Å²) in [5, 5.41) is 12.3. The summed E-state index contributed by atoms with van der Waals surface area (Å²) in [6, 6.07) is 0. The highest BCUT2D eigenvalue weighted by atomic mass is 16.4. The van der Waals surface area contributed by atoms with Gasteiger partial charge in [0.25, 0.3) is 0 Å². The Bertz CT molecular complexity index is 414. The van der Waals surface area contributed by atoms with Crippen molar-refractivity contribution in [3.63, 3.8) is 0 Å². The molecule has 0 saturated heterocycles. The molecule has 3 aliphatic rings. The molecule has 0 aromatic heterocycles. The van der Waals surface area contributed by atoms with Gasteiger partial charge in [0.15, 0.2) is 0 Å². The molecular weight excluding hydrogens is 266 g/mol. The van der Waals surface area contributed by atoms with Crippen molar-refractivity contribution in [3.05, 3.63) is 0 Å². The number of amides is 1. The zero-order chi connectivity index (χ0) is 14.9. The third kappa shape index (κ3) is 3.24. The van der Waals surface area contributed by atoms with Crippen LogP contribution in [-0.4, -0.2) is 23.5 Å². The van der Waals surface area contributed by atoms with Gasteiger partial charge in [-0.05, 0) is 49.4 Å². The summed E-state index contributed by atoms with van der Waals surface area (Å²) < 4.78 is 0. The van der Waals surface area contributed by atoms with Crippen molar-refractivity contribution in [1.29, 1.82) is 0 Å². The smallest absolute Gasteiger partial charge is 0.303 e. The Labute approximate surface area is 126 Å². The highest BCUT2D eigenvalue weighted by Crippen LogP contribution is 2.48. The lowest BCUT2D eigenvalue weighted by molar-refractivity contribution is -0.141. The van der Waals surface area contributed by atoms with Crippen molar-refractivity contribution in [2.45, 2.75) is 64.2 Å². The molecule has 3 fully saturated rings. The second kappa shape index (κ2) is 5.98. The van der Waals surface area contributed by atoms with Gasteiger partial charge in [0, 0.05) is 12.5 Å². The number of carbonyl (C=O) groups excluding carboxylic acids is 1. The quantitative estimate of drug-likeness (QED) is 0.819. The fourth-order valence-corrected chi connectivity index (χ4v) is 5.01. The molecule has 0 spiro atoms. The van der Waals surface area contributed by atoms with Gasteiger partial charge in [-0.3, -0.25) is 9.59 Å². The topological polar surface area (TPSA) is 66.4 Å². The van der Waals surface area contributed by atoms with E-state index < -0.39 is 5.97 Å². The molecule has 0 radical (unpaired) electrons. The van der Waals surface area contributed by atoms with Crippen LogP contribution in [0, 0.1) is 23.2 Å². The minimum absolute atomic E-state index is 0.192. The van der Waals surface area contributed by atoms with Crippen molar-refractivity contribution in [3.8, 4) is 0 Å². The van der Waals surface area contributed by atoms with E-state index in [1.54, 1.807) is 0 Å². The van der Waals surface area contributed by atoms with Crippen LogP contribution in [0.4, 0.5) is 0 Å². The first kappa shape index (κ1) is 14.9. The summed E-state index contributed by atoms with van der Waals surface area (Å²) in [5.74, 6) is 1.03. The zero-order valence-electron chi connectivity index (χ0n) is 12.8. The maximum atomic E-state index is 12.4. The molecule has 3 saturated carbocycles. The van der Waals surface area contributed by atoms with Gasteiger partial charge >= 0.3 is 5.97 Å². The third-order valence-corrected chi connectivity index (χ3v) is 6.15. The number of nitrogens with one attached hydrogen (secondary N) is 1. The summed E-state index contributed by atoms with van der Waals surface area (Å²) >= 11 is 0. The van der Waals surface area contributed by atoms with Crippen LogP contribution in [0.15, 0.2) is 0 Å². The van der Waals surface area contributed by atoms with Crippen LogP contribution >= 0.6 is 0 Å². The predicted octanol–water partition coefficient (Wildman–Crippen LogP) is 2.96. The Morgan fingerprint density at radius 1 is 1.10 bits per heavy atom. The van der Waals surface area contributed by atoms with E-state index in [2.05, 4.69) is 5.32 Å². The van der Waals surface area contributed by atoms with Crippen molar-refractivity contribution in [1.82, 2.24) is 5.32 Å². The molecule has 4 heteroatoms. The number of carboxylic acid groups (broad SMARTS) is 1. The van der Waals surface area contributed by atoms with Gasteiger partial charge in [-0.1, -0.05) is 25.7 Å². The highest BCUT2D eigenvalue weighted by Gasteiger charge is 2.43. The second-order valence-electron chi connectivity index (χ2n) is 7.63. The summed E-state index contributed by atoms with van der Waals surface area (Å²) in [4.78, 5) is 23.6. The first-order valence-electron chi connectivity index (χ1n) is 8.57. The minimum Gasteiger partial charge on any atom is -0.481 e. The molecule has 3 unspecified atom stereocenters. The lowest BCUT2D eigenvalue weighted by Gasteiger charge is -2.36. The van der Waals surface area contributed by atoms with E-state index in [1.807, 2.05) is 0 Å². The summed E-state index contributed by atoms with van der Waals surface area (Å²) in [5.41, 5.74) is -0.197. The third-order valence-electron chi connectivity index (χ3n) is 6.15. The monoisotopic (exact) mass is 293 g/mol. The molecule has 2 N–H and O–H groups in total. The van der Waals surface area contributed by atoms with Crippen molar-refractivity contribution >= 4 is 11.9 Å². The molecule has 1 amide bonds. The maximum Gasteiger partial charge on any atom is 0.303 e. The average molecular weight is 293 g/mol. The van der Waals surface area contributed by atoms with Gasteiger partial charge in [0.2, 0.25) is 5.91 Å². The first-order valence-corrected chi connectivity index (χ1v) is 8.57. The number of hydrogen-bond donors (Lipinski definition) is 2. The van der Waals surface area contributed by atoms with Crippen molar-refractivity contribution in [2.24, 2.45) is 23.2 Å². The molecule has 3 aliphatic carbocycles. The van der Waals surface area contributed by atoms with Gasteiger partial charge < -0.3 is 10.4 Å². The van der Waals surface area contributed by atoms with Crippen LogP contribution < -0.4 is 5.32 Å². The summed E-state index contributed by atoms with van der Waals surface area (Å²) in [7, 11) is 0. The van der Waals surface area contributed by atoms with E-state index in [0.717, 1.165) is 38.0 Å². The Balaban J connectivity index is 1.56. The van der Waals surface area contributed by atoms with Gasteiger partial charge in [0.05, 0.1) is 6.42 Å². The number of hydrogen-bond acceptors (Lipinski definition) is 2. The maximum absolute atomic E-state index is 12.4. The van der Waals surface area contributed by atoms with Crippen LogP contribution in [0.3, 0.4) is 0 Å². The number of rotatable bonds is 5. The number of aliphatic carboxylic acids is 1. The van der Waals surface area contributed by atoms with Crippen molar-refractivity contribution < 1.29 is 14.7 Å². The van der Waals surface area contributed by atoms with Crippen LogP contribution in [0.2, 0.25) is 0 Å². The Kier molecular flexibility index (Phi) is 4.23. The molecule has 3 atom stereocenters. The lowest BCUT2D eigenvalue weighted by Crippen LogP contribution is -2.43. The molecule has 0 aliphatic heterocycles. The van der Waals surface area contributed by atoms with Crippen LogP contribution in [0.25, 0.3) is 0 Å². The van der Waals surface area contributed by atoms with E-state index >= 15 is 0 Å². The Hall–Kier alpha value is -1.06. The number of fused-ring (bicyclic) bond motifs is 2. The largest absolute Gasteiger partial charge is 0.481 e. The molecule has 0 heterocycles. The number of carbonyl (C=O) groups is 2. The molecule has 0 aromatic rings. The first-order chi connectivity index (χ1) is 10.1. The minimum atomic E-state index is -0.730. The van der Waals surface area contributed by atoms with E-state index in [1.165, 1.54) is 25.7 Å².